The predicted molar refractivity (Wildman–Crippen MR) is 55.3 cm³/mol. The first-order valence-electron chi connectivity index (χ1n) is 3.98. The number of hydrogen-bond acceptors (Lipinski definition) is 4. The van der Waals surface area contributed by atoms with Crippen molar-refractivity contribution in [3.8, 4) is 0 Å². The molecule has 0 aliphatic heterocycles. The minimum absolute atomic E-state index is 0.137. The van der Waals surface area contributed by atoms with Crippen LogP contribution in [0.25, 0.3) is 5.76 Å². The van der Waals surface area contributed by atoms with Gasteiger partial charge in [0.15, 0.2) is 0 Å². The summed E-state index contributed by atoms with van der Waals surface area (Å²) in [6.07, 6.45) is 0. The molecule has 0 aromatic heterocycles. The number of phosphoric acid groups is 1. The molecule has 1 rings (SSSR count). The zero-order chi connectivity index (χ0) is 12.3. The summed E-state index contributed by atoms with van der Waals surface area (Å²) < 4.78 is 14.7. The average molecular weight is 245 g/mol. The van der Waals surface area contributed by atoms with Gasteiger partial charge in [0.05, 0.1) is 4.92 Å². The molecule has 0 spiro atoms. The van der Waals surface area contributed by atoms with Crippen molar-refractivity contribution in [1.82, 2.24) is 0 Å². The molecule has 0 fully saturated rings. The molecule has 0 heterocycles. The Kier molecular flexibility index (Phi) is 3.44. The first kappa shape index (κ1) is 12.4. The van der Waals surface area contributed by atoms with Crippen LogP contribution in [-0.4, -0.2) is 14.7 Å². The molecule has 16 heavy (non-hydrogen) atoms. The predicted octanol–water partition coefficient (Wildman–Crippen LogP) is 1.67. The third-order valence-corrected chi connectivity index (χ3v) is 2.07. The number of nitrogens with zero attached hydrogens (tertiary/aromatic N) is 1. The smallest absolute Gasteiger partial charge is 0.404 e. The molecule has 1 aromatic carbocycles. The molecule has 0 aliphatic rings. The lowest BCUT2D eigenvalue weighted by Gasteiger charge is -2.08. The van der Waals surface area contributed by atoms with Crippen LogP contribution in [-0.2, 0) is 9.09 Å². The highest BCUT2D eigenvalue weighted by molar-refractivity contribution is 7.46. The van der Waals surface area contributed by atoms with Gasteiger partial charge in [0.25, 0.3) is 5.69 Å². The van der Waals surface area contributed by atoms with E-state index in [0.29, 0.717) is 0 Å². The summed E-state index contributed by atoms with van der Waals surface area (Å²) in [5.41, 5.74) is -0.0783. The lowest BCUT2D eigenvalue weighted by molar-refractivity contribution is -0.384. The Bertz CT molecular complexity index is 479. The fourth-order valence-electron chi connectivity index (χ4n) is 0.989. The van der Waals surface area contributed by atoms with E-state index in [0.717, 1.165) is 6.07 Å². The van der Waals surface area contributed by atoms with E-state index in [1.165, 1.54) is 18.2 Å². The number of benzene rings is 1. The van der Waals surface area contributed by atoms with Crippen molar-refractivity contribution in [2.45, 2.75) is 0 Å². The lowest BCUT2D eigenvalue weighted by Crippen LogP contribution is -1.92. The van der Waals surface area contributed by atoms with Gasteiger partial charge in [-0.3, -0.25) is 19.9 Å². The monoisotopic (exact) mass is 245 g/mol. The summed E-state index contributed by atoms with van der Waals surface area (Å²) in [7, 11) is -4.70. The topological polar surface area (TPSA) is 110 Å². The van der Waals surface area contributed by atoms with Crippen LogP contribution in [0.4, 0.5) is 5.69 Å². The Morgan fingerprint density at radius 1 is 1.50 bits per heavy atom. The van der Waals surface area contributed by atoms with Gasteiger partial charge >= 0.3 is 7.82 Å². The van der Waals surface area contributed by atoms with Crippen molar-refractivity contribution in [2.24, 2.45) is 0 Å². The Morgan fingerprint density at radius 3 is 2.62 bits per heavy atom. The molecule has 0 atom stereocenters. The maximum atomic E-state index is 10.5. The van der Waals surface area contributed by atoms with E-state index in [1.54, 1.807) is 0 Å². The largest absolute Gasteiger partial charge is 0.524 e. The molecule has 0 saturated heterocycles. The molecular formula is C8H8NO6P. The van der Waals surface area contributed by atoms with Crippen LogP contribution in [0.3, 0.4) is 0 Å². The molecule has 8 heteroatoms. The number of phosphoric ester groups is 1. The van der Waals surface area contributed by atoms with Crippen molar-refractivity contribution < 1.29 is 23.8 Å². The number of nitro groups is 1. The first-order valence-corrected chi connectivity index (χ1v) is 5.51. The van der Waals surface area contributed by atoms with Crippen LogP contribution in [0.5, 0.6) is 0 Å². The van der Waals surface area contributed by atoms with Gasteiger partial charge in [-0.2, -0.15) is 0 Å². The zero-order valence-corrected chi connectivity index (χ0v) is 8.83. The minimum Gasteiger partial charge on any atom is -0.404 e. The van der Waals surface area contributed by atoms with E-state index in [-0.39, 0.29) is 17.0 Å². The summed E-state index contributed by atoms with van der Waals surface area (Å²) in [6.45, 7) is 3.27. The van der Waals surface area contributed by atoms with Gasteiger partial charge in [-0.05, 0) is 0 Å². The molecule has 86 valence electrons. The molecule has 0 aliphatic carbocycles. The second-order valence-corrected chi connectivity index (χ2v) is 3.98. The van der Waals surface area contributed by atoms with Crippen molar-refractivity contribution in [3.05, 3.63) is 46.5 Å². The SMILES string of the molecule is C=C(OP(=O)(O)O)c1cccc([N+](=O)[O-])c1. The zero-order valence-electron chi connectivity index (χ0n) is 7.94. The Labute approximate surface area is 90.4 Å². The number of hydrogen-bond donors (Lipinski definition) is 2. The second kappa shape index (κ2) is 4.44. The molecule has 1 aromatic rings. The van der Waals surface area contributed by atoms with E-state index in [9.17, 15) is 14.7 Å². The van der Waals surface area contributed by atoms with Gasteiger partial charge in [-0.15, -0.1) is 0 Å². The summed E-state index contributed by atoms with van der Waals surface area (Å²) >= 11 is 0. The van der Waals surface area contributed by atoms with Crippen LogP contribution in [0, 0.1) is 10.1 Å². The molecule has 0 unspecified atom stereocenters. The minimum atomic E-state index is -4.70. The van der Waals surface area contributed by atoms with Crippen LogP contribution in [0.1, 0.15) is 5.56 Å². The van der Waals surface area contributed by atoms with Crippen molar-refractivity contribution >= 4 is 19.3 Å². The van der Waals surface area contributed by atoms with Crippen molar-refractivity contribution in [1.29, 1.82) is 0 Å². The van der Waals surface area contributed by atoms with Crippen molar-refractivity contribution in [3.63, 3.8) is 0 Å². The van der Waals surface area contributed by atoms with Gasteiger partial charge in [0.2, 0.25) is 0 Å². The number of non-ortho nitro benzene ring substituents is 1. The Morgan fingerprint density at radius 2 is 2.12 bits per heavy atom. The molecule has 0 radical (unpaired) electrons. The standard InChI is InChI=1S/C8H8NO6P/c1-6(15-16(12,13)14)7-3-2-4-8(5-7)9(10)11/h2-5H,1H2,(H2,12,13,14). The molecule has 0 saturated carbocycles. The van der Waals surface area contributed by atoms with Gasteiger partial charge in [-0.25, -0.2) is 4.57 Å². The summed E-state index contributed by atoms with van der Waals surface area (Å²) in [4.78, 5) is 26.9. The van der Waals surface area contributed by atoms with E-state index in [1.807, 2.05) is 0 Å². The quantitative estimate of drug-likeness (QED) is 0.361. The normalized spacial score (nSPS) is 10.9. The van der Waals surface area contributed by atoms with E-state index >= 15 is 0 Å². The Hall–Kier alpha value is -1.69. The third-order valence-electron chi connectivity index (χ3n) is 1.61. The molecular weight excluding hydrogens is 237 g/mol. The molecule has 0 bridgehead atoms. The maximum absolute atomic E-state index is 10.5. The summed E-state index contributed by atoms with van der Waals surface area (Å²) in [5, 5.41) is 10.4. The maximum Gasteiger partial charge on any atom is 0.524 e. The highest BCUT2D eigenvalue weighted by Crippen LogP contribution is 2.41. The van der Waals surface area contributed by atoms with Crippen LogP contribution in [0.15, 0.2) is 30.8 Å². The summed E-state index contributed by atoms with van der Waals surface area (Å²) in [6, 6.07) is 5.11. The third kappa shape index (κ3) is 3.47. The molecule has 2 N–H and O–H groups in total. The highest BCUT2D eigenvalue weighted by Gasteiger charge is 2.18. The van der Waals surface area contributed by atoms with E-state index < -0.39 is 12.7 Å². The van der Waals surface area contributed by atoms with Crippen LogP contribution >= 0.6 is 7.82 Å². The fraction of sp³-hybridized carbons (Fsp3) is 0. The average Bonchev–Trinajstić information content (AvgIpc) is 2.15. The van der Waals surface area contributed by atoms with E-state index in [2.05, 4.69) is 11.1 Å². The number of rotatable bonds is 4. The van der Waals surface area contributed by atoms with Gasteiger partial charge in [0, 0.05) is 17.7 Å². The van der Waals surface area contributed by atoms with Gasteiger partial charge < -0.3 is 4.52 Å². The highest BCUT2D eigenvalue weighted by atomic mass is 31.2. The van der Waals surface area contributed by atoms with Crippen molar-refractivity contribution in [2.75, 3.05) is 0 Å². The van der Waals surface area contributed by atoms with Gasteiger partial charge in [0.1, 0.15) is 5.76 Å². The van der Waals surface area contributed by atoms with Gasteiger partial charge in [-0.1, -0.05) is 18.7 Å². The van der Waals surface area contributed by atoms with Crippen LogP contribution in [0.2, 0.25) is 0 Å². The van der Waals surface area contributed by atoms with E-state index in [4.69, 9.17) is 9.79 Å². The first-order chi connectivity index (χ1) is 7.29. The Balaban J connectivity index is 2.97. The number of nitro benzene ring substituents is 1. The lowest BCUT2D eigenvalue weighted by atomic mass is 10.2. The summed E-state index contributed by atoms with van der Waals surface area (Å²) in [5.74, 6) is -0.322. The second-order valence-electron chi connectivity index (χ2n) is 2.81. The fourth-order valence-corrected chi connectivity index (χ4v) is 1.38. The molecule has 7 nitrogen and oxygen atoms in total. The van der Waals surface area contributed by atoms with Crippen LogP contribution < -0.4 is 0 Å². The molecule has 0 amide bonds.